The molecule has 0 spiro atoms. The van der Waals surface area contributed by atoms with Gasteiger partial charge in [0.25, 0.3) is 0 Å². The number of fused-ring (bicyclic) bond motifs is 2. The third-order valence-corrected chi connectivity index (χ3v) is 3.28. The minimum Gasteiger partial charge on any atom is -0.324 e. The van der Waals surface area contributed by atoms with Gasteiger partial charge in [-0.15, -0.1) is 0 Å². The average Bonchev–Trinajstić information content (AvgIpc) is 2.21. The monoisotopic (exact) mass is 140 g/mol. The second-order valence-electron chi connectivity index (χ2n) is 4.12. The van der Waals surface area contributed by atoms with Crippen LogP contribution in [-0.2, 0) is 0 Å². The lowest BCUT2D eigenvalue weighted by atomic mass is 9.84. The standard InChI is InChI=1S/C8H16N2/c1-8(9)5-6-3-4-7(8)10(6)2/h6-7H,3-5,9H2,1-2H3. The van der Waals surface area contributed by atoms with Gasteiger partial charge in [-0.2, -0.15) is 0 Å². The summed E-state index contributed by atoms with van der Waals surface area (Å²) >= 11 is 0. The van der Waals surface area contributed by atoms with E-state index in [1.54, 1.807) is 0 Å². The lowest BCUT2D eigenvalue weighted by Crippen LogP contribution is -2.47. The van der Waals surface area contributed by atoms with Crippen molar-refractivity contribution in [2.45, 2.75) is 43.8 Å². The number of likely N-dealkylation sites (N-methyl/N-ethyl adjacent to an activating group) is 1. The fraction of sp³-hybridized carbons (Fsp3) is 1.00. The number of hydrogen-bond donors (Lipinski definition) is 1. The second kappa shape index (κ2) is 1.74. The van der Waals surface area contributed by atoms with Gasteiger partial charge in [-0.1, -0.05) is 0 Å². The van der Waals surface area contributed by atoms with E-state index in [9.17, 15) is 0 Å². The third kappa shape index (κ3) is 0.663. The van der Waals surface area contributed by atoms with Crippen LogP contribution in [0.1, 0.15) is 26.2 Å². The molecular weight excluding hydrogens is 124 g/mol. The smallest absolute Gasteiger partial charge is 0.0298 e. The van der Waals surface area contributed by atoms with E-state index in [0.29, 0.717) is 6.04 Å². The zero-order valence-electron chi connectivity index (χ0n) is 6.80. The van der Waals surface area contributed by atoms with Gasteiger partial charge in [0.05, 0.1) is 0 Å². The van der Waals surface area contributed by atoms with Crippen LogP contribution in [0.2, 0.25) is 0 Å². The molecule has 2 fully saturated rings. The first-order valence-electron chi connectivity index (χ1n) is 4.12. The van der Waals surface area contributed by atoms with Crippen molar-refractivity contribution >= 4 is 0 Å². The molecule has 0 saturated carbocycles. The van der Waals surface area contributed by atoms with E-state index in [1.165, 1.54) is 19.3 Å². The minimum atomic E-state index is 0.109. The molecule has 0 aliphatic carbocycles. The number of nitrogens with zero attached hydrogens (tertiary/aromatic N) is 1. The van der Waals surface area contributed by atoms with Crippen molar-refractivity contribution in [1.82, 2.24) is 4.90 Å². The van der Waals surface area contributed by atoms with Gasteiger partial charge in [0.2, 0.25) is 0 Å². The first-order chi connectivity index (χ1) is 4.61. The van der Waals surface area contributed by atoms with Crippen molar-refractivity contribution in [1.29, 1.82) is 0 Å². The van der Waals surface area contributed by atoms with Crippen LogP contribution in [0.15, 0.2) is 0 Å². The van der Waals surface area contributed by atoms with Gasteiger partial charge in [-0.05, 0) is 33.2 Å². The van der Waals surface area contributed by atoms with E-state index < -0.39 is 0 Å². The molecule has 0 aromatic rings. The summed E-state index contributed by atoms with van der Waals surface area (Å²) in [5.41, 5.74) is 6.22. The highest BCUT2D eigenvalue weighted by Gasteiger charge is 2.49. The van der Waals surface area contributed by atoms with Crippen LogP contribution >= 0.6 is 0 Å². The maximum absolute atomic E-state index is 6.11. The van der Waals surface area contributed by atoms with Crippen molar-refractivity contribution in [3.8, 4) is 0 Å². The fourth-order valence-corrected chi connectivity index (χ4v) is 2.70. The summed E-state index contributed by atoms with van der Waals surface area (Å²) in [5.74, 6) is 0. The van der Waals surface area contributed by atoms with E-state index in [2.05, 4.69) is 18.9 Å². The Bertz CT molecular complexity index is 153. The number of hydrogen-bond acceptors (Lipinski definition) is 2. The molecule has 0 aromatic carbocycles. The van der Waals surface area contributed by atoms with E-state index >= 15 is 0 Å². The molecular formula is C8H16N2. The zero-order chi connectivity index (χ0) is 7.35. The number of rotatable bonds is 0. The van der Waals surface area contributed by atoms with Crippen molar-refractivity contribution in [2.75, 3.05) is 7.05 Å². The molecule has 10 heavy (non-hydrogen) atoms. The first-order valence-corrected chi connectivity index (χ1v) is 4.12. The molecule has 0 aromatic heterocycles. The maximum Gasteiger partial charge on any atom is 0.0298 e. The molecule has 3 atom stereocenters. The summed E-state index contributed by atoms with van der Waals surface area (Å²) in [5, 5.41) is 0. The Hall–Kier alpha value is -0.0800. The van der Waals surface area contributed by atoms with Crippen molar-refractivity contribution < 1.29 is 0 Å². The molecule has 2 heteroatoms. The van der Waals surface area contributed by atoms with Gasteiger partial charge in [0.15, 0.2) is 0 Å². The van der Waals surface area contributed by atoms with Crippen LogP contribution in [0.3, 0.4) is 0 Å². The van der Waals surface area contributed by atoms with Crippen LogP contribution in [0.25, 0.3) is 0 Å². The average molecular weight is 140 g/mol. The van der Waals surface area contributed by atoms with Gasteiger partial charge in [0.1, 0.15) is 0 Å². The van der Waals surface area contributed by atoms with Crippen LogP contribution in [0.4, 0.5) is 0 Å². The number of nitrogens with two attached hydrogens (primary N) is 1. The summed E-state index contributed by atoms with van der Waals surface area (Å²) in [4.78, 5) is 2.46. The molecule has 58 valence electrons. The second-order valence-corrected chi connectivity index (χ2v) is 4.12. The molecule has 2 rings (SSSR count). The lowest BCUT2D eigenvalue weighted by molar-refractivity contribution is 0.276. The molecule has 2 nitrogen and oxygen atoms in total. The summed E-state index contributed by atoms with van der Waals surface area (Å²) in [7, 11) is 2.21. The van der Waals surface area contributed by atoms with Crippen LogP contribution in [-0.4, -0.2) is 29.6 Å². The molecule has 2 saturated heterocycles. The molecule has 0 radical (unpaired) electrons. The van der Waals surface area contributed by atoms with Crippen molar-refractivity contribution in [3.63, 3.8) is 0 Å². The Morgan fingerprint density at radius 3 is 2.40 bits per heavy atom. The molecule has 2 aliphatic heterocycles. The maximum atomic E-state index is 6.11. The van der Waals surface area contributed by atoms with Gasteiger partial charge in [-0.25, -0.2) is 0 Å². The highest BCUT2D eigenvalue weighted by Crippen LogP contribution is 2.41. The van der Waals surface area contributed by atoms with E-state index in [0.717, 1.165) is 6.04 Å². The van der Waals surface area contributed by atoms with E-state index in [-0.39, 0.29) is 5.54 Å². The summed E-state index contributed by atoms with van der Waals surface area (Å²) < 4.78 is 0. The van der Waals surface area contributed by atoms with Crippen LogP contribution < -0.4 is 5.73 Å². The quantitative estimate of drug-likeness (QED) is 0.533. The van der Waals surface area contributed by atoms with Gasteiger partial charge in [-0.3, -0.25) is 4.90 Å². The third-order valence-electron chi connectivity index (χ3n) is 3.28. The molecule has 2 bridgehead atoms. The van der Waals surface area contributed by atoms with Gasteiger partial charge < -0.3 is 5.73 Å². The Kier molecular flexibility index (Phi) is 1.15. The van der Waals surface area contributed by atoms with E-state index in [1.807, 2.05) is 0 Å². The summed E-state index contributed by atoms with van der Waals surface area (Å²) in [6.07, 6.45) is 3.89. The molecule has 2 N–H and O–H groups in total. The Balaban J connectivity index is 2.24. The SMILES string of the molecule is CN1C2CCC1C(C)(N)C2. The normalized spacial score (nSPS) is 54.3. The highest BCUT2D eigenvalue weighted by molar-refractivity contribution is 5.08. The molecule has 3 unspecified atom stereocenters. The predicted octanol–water partition coefficient (Wildman–Crippen LogP) is 0.570. The van der Waals surface area contributed by atoms with Gasteiger partial charge >= 0.3 is 0 Å². The fourth-order valence-electron chi connectivity index (χ4n) is 2.70. The van der Waals surface area contributed by atoms with Crippen LogP contribution in [0, 0.1) is 0 Å². The summed E-state index contributed by atoms with van der Waals surface area (Å²) in [6, 6.07) is 1.46. The van der Waals surface area contributed by atoms with E-state index in [4.69, 9.17) is 5.73 Å². The molecule has 2 heterocycles. The topological polar surface area (TPSA) is 29.3 Å². The first kappa shape index (κ1) is 6.62. The van der Waals surface area contributed by atoms with Crippen molar-refractivity contribution in [2.24, 2.45) is 5.73 Å². The minimum absolute atomic E-state index is 0.109. The largest absolute Gasteiger partial charge is 0.324 e. The van der Waals surface area contributed by atoms with Crippen LogP contribution in [0.5, 0.6) is 0 Å². The lowest BCUT2D eigenvalue weighted by Gasteiger charge is -2.28. The molecule has 2 aliphatic rings. The Morgan fingerprint density at radius 2 is 2.20 bits per heavy atom. The zero-order valence-corrected chi connectivity index (χ0v) is 6.80. The summed E-state index contributed by atoms with van der Waals surface area (Å²) in [6.45, 7) is 2.19. The van der Waals surface area contributed by atoms with Gasteiger partial charge in [0, 0.05) is 17.6 Å². The van der Waals surface area contributed by atoms with Crippen molar-refractivity contribution in [3.05, 3.63) is 0 Å². The Labute approximate surface area is 62.4 Å². The molecule has 0 amide bonds. The Morgan fingerprint density at radius 1 is 1.50 bits per heavy atom. The highest BCUT2D eigenvalue weighted by atomic mass is 15.2. The predicted molar refractivity (Wildman–Crippen MR) is 41.8 cm³/mol.